The third kappa shape index (κ3) is 2.82. The molecule has 25 heavy (non-hydrogen) atoms. The Kier molecular flexibility index (Phi) is 4.04. The van der Waals surface area contributed by atoms with Crippen molar-refractivity contribution in [1.29, 1.82) is 0 Å². The maximum atomic E-state index is 12.9. The molecule has 0 unspecified atom stereocenters. The van der Waals surface area contributed by atoms with E-state index in [0.717, 1.165) is 46.2 Å². The van der Waals surface area contributed by atoms with Crippen LogP contribution in [-0.2, 0) is 19.4 Å². The fourth-order valence-electron chi connectivity index (χ4n) is 3.66. The van der Waals surface area contributed by atoms with Gasteiger partial charge in [0.2, 0.25) is 0 Å². The number of nitrogens with zero attached hydrogens (tertiary/aromatic N) is 2. The molecule has 0 fully saturated rings. The van der Waals surface area contributed by atoms with Crippen molar-refractivity contribution in [2.24, 2.45) is 0 Å². The van der Waals surface area contributed by atoms with E-state index in [0.29, 0.717) is 5.56 Å². The second-order valence-electron chi connectivity index (χ2n) is 6.81. The summed E-state index contributed by atoms with van der Waals surface area (Å²) in [6.07, 6.45) is 5.81. The van der Waals surface area contributed by atoms with Crippen molar-refractivity contribution in [2.45, 2.75) is 46.1 Å². The average molecular weight is 352 g/mol. The van der Waals surface area contributed by atoms with Crippen molar-refractivity contribution >= 4 is 27.3 Å². The Morgan fingerprint density at radius 2 is 2.04 bits per heavy atom. The molecule has 0 aliphatic heterocycles. The lowest BCUT2D eigenvalue weighted by Gasteiger charge is -2.11. The Balaban J connectivity index is 1.73. The van der Waals surface area contributed by atoms with Gasteiger partial charge in [0.05, 0.1) is 18.3 Å². The van der Waals surface area contributed by atoms with Gasteiger partial charge in [0, 0.05) is 10.4 Å². The van der Waals surface area contributed by atoms with E-state index in [4.69, 9.17) is 0 Å². The van der Waals surface area contributed by atoms with Crippen LogP contribution in [0.15, 0.2) is 29.3 Å². The maximum Gasteiger partial charge on any atom is 0.262 e. The van der Waals surface area contributed by atoms with Crippen LogP contribution in [0.3, 0.4) is 0 Å². The van der Waals surface area contributed by atoms with Crippen molar-refractivity contribution in [3.8, 4) is 0 Å². The zero-order valence-corrected chi connectivity index (χ0v) is 15.3. The smallest absolute Gasteiger partial charge is 0.262 e. The number of hydrogen-bond donors (Lipinski definition) is 0. The Morgan fingerprint density at radius 3 is 2.84 bits per heavy atom. The zero-order chi connectivity index (χ0) is 17.6. The molecule has 4 rings (SSSR count). The van der Waals surface area contributed by atoms with E-state index in [1.165, 1.54) is 22.2 Å². The fraction of sp³-hybridized carbons (Fsp3) is 0.350. The Labute approximate surface area is 150 Å². The number of rotatable bonds is 3. The van der Waals surface area contributed by atoms with Gasteiger partial charge in [0.1, 0.15) is 4.83 Å². The van der Waals surface area contributed by atoms with E-state index in [-0.39, 0.29) is 17.9 Å². The molecule has 0 N–H and O–H groups in total. The molecule has 1 aromatic carbocycles. The molecule has 1 aliphatic carbocycles. The minimum Gasteiger partial charge on any atom is -0.292 e. The first-order chi connectivity index (χ1) is 12.0. The normalized spacial score (nSPS) is 13.8. The predicted octanol–water partition coefficient (Wildman–Crippen LogP) is 3.84. The SMILES string of the molecule is Cc1ccc(C(=O)Cn2cnc3sc4c(c3c2=O)CCCC4)c(C)c1. The molecular weight excluding hydrogens is 332 g/mol. The lowest BCUT2D eigenvalue weighted by molar-refractivity contribution is 0.0970. The Bertz CT molecular complexity index is 1050. The number of carbonyl (C=O) groups excluding carboxylic acids is 1. The molecule has 2 aromatic heterocycles. The van der Waals surface area contributed by atoms with Gasteiger partial charge in [-0.15, -0.1) is 11.3 Å². The molecule has 0 spiro atoms. The molecule has 0 atom stereocenters. The van der Waals surface area contributed by atoms with Crippen LogP contribution in [0.5, 0.6) is 0 Å². The van der Waals surface area contributed by atoms with Crippen molar-refractivity contribution in [3.63, 3.8) is 0 Å². The van der Waals surface area contributed by atoms with Gasteiger partial charge in [-0.05, 0) is 50.7 Å². The lowest BCUT2D eigenvalue weighted by Crippen LogP contribution is -2.25. The summed E-state index contributed by atoms with van der Waals surface area (Å²) in [6, 6.07) is 5.77. The molecule has 0 amide bonds. The number of Topliss-reactive ketones (excluding diaryl/α,β-unsaturated/α-hetero) is 1. The summed E-state index contributed by atoms with van der Waals surface area (Å²) >= 11 is 1.63. The van der Waals surface area contributed by atoms with Crippen LogP contribution in [0, 0.1) is 13.8 Å². The van der Waals surface area contributed by atoms with Crippen LogP contribution < -0.4 is 5.56 Å². The summed E-state index contributed by atoms with van der Waals surface area (Å²) in [7, 11) is 0. The molecule has 0 radical (unpaired) electrons. The van der Waals surface area contributed by atoms with Gasteiger partial charge in [0.25, 0.3) is 5.56 Å². The summed E-state index contributed by atoms with van der Waals surface area (Å²) < 4.78 is 1.46. The highest BCUT2D eigenvalue weighted by Gasteiger charge is 2.20. The number of thiophene rings is 1. The number of fused-ring (bicyclic) bond motifs is 3. The third-order valence-electron chi connectivity index (χ3n) is 4.94. The Hall–Kier alpha value is -2.27. The summed E-state index contributed by atoms with van der Waals surface area (Å²) in [5, 5.41) is 0.732. The highest BCUT2D eigenvalue weighted by Crippen LogP contribution is 2.33. The number of aryl methyl sites for hydroxylation is 4. The predicted molar refractivity (Wildman–Crippen MR) is 101 cm³/mol. The monoisotopic (exact) mass is 352 g/mol. The second kappa shape index (κ2) is 6.23. The van der Waals surface area contributed by atoms with E-state index in [1.807, 2.05) is 32.0 Å². The van der Waals surface area contributed by atoms with E-state index in [9.17, 15) is 9.59 Å². The molecule has 0 bridgehead atoms. The summed E-state index contributed by atoms with van der Waals surface area (Å²) in [6.45, 7) is 3.97. The van der Waals surface area contributed by atoms with Crippen LogP contribution in [0.2, 0.25) is 0 Å². The number of ketones is 1. The van der Waals surface area contributed by atoms with Crippen LogP contribution in [0.25, 0.3) is 10.2 Å². The molecule has 4 nitrogen and oxygen atoms in total. The maximum absolute atomic E-state index is 12.9. The molecule has 128 valence electrons. The second-order valence-corrected chi connectivity index (χ2v) is 7.89. The largest absolute Gasteiger partial charge is 0.292 e. The minimum atomic E-state index is -0.0810. The zero-order valence-electron chi connectivity index (χ0n) is 14.5. The number of aromatic nitrogens is 2. The van der Waals surface area contributed by atoms with E-state index < -0.39 is 0 Å². The highest BCUT2D eigenvalue weighted by molar-refractivity contribution is 7.18. The van der Waals surface area contributed by atoms with Gasteiger partial charge in [-0.25, -0.2) is 4.98 Å². The fourth-order valence-corrected chi connectivity index (χ4v) is 4.88. The Morgan fingerprint density at radius 1 is 1.24 bits per heavy atom. The number of carbonyl (C=O) groups is 1. The molecular formula is C20H20N2O2S. The van der Waals surface area contributed by atoms with Gasteiger partial charge in [-0.2, -0.15) is 0 Å². The molecule has 3 aromatic rings. The highest BCUT2D eigenvalue weighted by atomic mass is 32.1. The van der Waals surface area contributed by atoms with Gasteiger partial charge >= 0.3 is 0 Å². The van der Waals surface area contributed by atoms with Crippen molar-refractivity contribution in [3.05, 3.63) is 62.0 Å². The number of benzene rings is 1. The first kappa shape index (κ1) is 16.2. The summed E-state index contributed by atoms with van der Waals surface area (Å²) in [4.78, 5) is 32.2. The summed E-state index contributed by atoms with van der Waals surface area (Å²) in [5.74, 6) is -0.0511. The standard InChI is InChI=1S/C20H20N2O2S/c1-12-7-8-14(13(2)9-12)16(23)10-22-11-21-19-18(20(22)24)15-5-3-4-6-17(15)25-19/h7-9,11H,3-6,10H2,1-2H3. The summed E-state index contributed by atoms with van der Waals surface area (Å²) in [5.41, 5.74) is 3.82. The van der Waals surface area contributed by atoms with E-state index >= 15 is 0 Å². The topological polar surface area (TPSA) is 52.0 Å². The lowest BCUT2D eigenvalue weighted by atomic mass is 9.97. The number of hydrogen-bond acceptors (Lipinski definition) is 4. The molecule has 0 saturated heterocycles. The van der Waals surface area contributed by atoms with Crippen molar-refractivity contribution in [2.75, 3.05) is 0 Å². The van der Waals surface area contributed by atoms with Crippen LogP contribution >= 0.6 is 11.3 Å². The molecule has 2 heterocycles. The third-order valence-corrected chi connectivity index (χ3v) is 6.14. The minimum absolute atomic E-state index is 0.0380. The first-order valence-corrected chi connectivity index (χ1v) is 9.46. The first-order valence-electron chi connectivity index (χ1n) is 8.65. The van der Waals surface area contributed by atoms with Crippen LogP contribution in [-0.4, -0.2) is 15.3 Å². The molecule has 0 saturated carbocycles. The van der Waals surface area contributed by atoms with Gasteiger partial charge in [-0.1, -0.05) is 23.8 Å². The average Bonchev–Trinajstić information content (AvgIpc) is 2.96. The van der Waals surface area contributed by atoms with Gasteiger partial charge in [0.15, 0.2) is 5.78 Å². The van der Waals surface area contributed by atoms with Crippen LogP contribution in [0.1, 0.15) is 44.8 Å². The van der Waals surface area contributed by atoms with Crippen molar-refractivity contribution in [1.82, 2.24) is 9.55 Å². The quantitative estimate of drug-likeness (QED) is 0.673. The van der Waals surface area contributed by atoms with E-state index in [1.54, 1.807) is 11.3 Å². The molecule has 1 aliphatic rings. The van der Waals surface area contributed by atoms with Gasteiger partial charge in [-0.3, -0.25) is 14.2 Å². The van der Waals surface area contributed by atoms with Crippen LogP contribution in [0.4, 0.5) is 0 Å². The van der Waals surface area contributed by atoms with Gasteiger partial charge < -0.3 is 0 Å². The molecule has 5 heteroatoms. The van der Waals surface area contributed by atoms with Crippen molar-refractivity contribution < 1.29 is 4.79 Å². The van der Waals surface area contributed by atoms with E-state index in [2.05, 4.69) is 4.98 Å².